The third-order valence-electron chi connectivity index (χ3n) is 3.47. The zero-order chi connectivity index (χ0) is 13.7. The van der Waals surface area contributed by atoms with Crippen molar-refractivity contribution < 1.29 is 4.74 Å². The molecular formula is C14H22N4O. The maximum atomic E-state index is 8.92. The van der Waals surface area contributed by atoms with E-state index >= 15 is 0 Å². The molecule has 1 N–H and O–H groups in total. The van der Waals surface area contributed by atoms with Gasteiger partial charge in [-0.15, -0.1) is 0 Å². The molecule has 1 aliphatic heterocycles. The number of nitriles is 1. The Morgan fingerprint density at radius 3 is 2.84 bits per heavy atom. The molecule has 0 aliphatic carbocycles. The Kier molecular flexibility index (Phi) is 4.97. The van der Waals surface area contributed by atoms with Crippen LogP contribution in [0.15, 0.2) is 12.3 Å². The molecule has 0 radical (unpaired) electrons. The smallest absolute Gasteiger partial charge is 0.120 e. The van der Waals surface area contributed by atoms with Gasteiger partial charge < -0.3 is 14.6 Å². The maximum absolute atomic E-state index is 8.92. The van der Waals surface area contributed by atoms with Crippen LogP contribution in [0.2, 0.25) is 0 Å². The van der Waals surface area contributed by atoms with E-state index in [1.165, 1.54) is 0 Å². The highest BCUT2D eigenvalue weighted by Crippen LogP contribution is 2.06. The van der Waals surface area contributed by atoms with E-state index in [1.807, 2.05) is 23.9 Å². The second kappa shape index (κ2) is 6.71. The molecule has 104 valence electrons. The lowest BCUT2D eigenvalue weighted by Crippen LogP contribution is -2.44. The van der Waals surface area contributed by atoms with Crippen LogP contribution in [-0.2, 0) is 18.3 Å². The SMILES string of the molecule is CC(CN1CCOCC1)NCc1cc(C#N)n(C)c1. The first-order valence-corrected chi connectivity index (χ1v) is 6.78. The van der Waals surface area contributed by atoms with Crippen LogP contribution in [0.4, 0.5) is 0 Å². The lowest BCUT2D eigenvalue weighted by molar-refractivity contribution is 0.0343. The molecule has 0 aromatic carbocycles. The fourth-order valence-corrected chi connectivity index (χ4v) is 2.37. The lowest BCUT2D eigenvalue weighted by atomic mass is 10.2. The molecule has 1 aliphatic rings. The van der Waals surface area contributed by atoms with Gasteiger partial charge in [-0.25, -0.2) is 0 Å². The number of aryl methyl sites for hydroxylation is 1. The summed E-state index contributed by atoms with van der Waals surface area (Å²) < 4.78 is 7.21. The summed E-state index contributed by atoms with van der Waals surface area (Å²) in [5, 5.41) is 12.4. The minimum atomic E-state index is 0.434. The first-order chi connectivity index (χ1) is 9.19. The van der Waals surface area contributed by atoms with Gasteiger partial charge in [-0.3, -0.25) is 4.90 Å². The van der Waals surface area contributed by atoms with E-state index in [1.54, 1.807) is 0 Å². The Hall–Kier alpha value is -1.35. The number of hydrogen-bond acceptors (Lipinski definition) is 4. The Morgan fingerprint density at radius 2 is 2.21 bits per heavy atom. The molecule has 19 heavy (non-hydrogen) atoms. The standard InChI is InChI=1S/C14H22N4O/c1-12(10-18-3-5-19-6-4-18)16-9-13-7-14(8-15)17(2)11-13/h7,11-12,16H,3-6,9-10H2,1-2H3. The number of nitrogens with one attached hydrogen (secondary N) is 1. The first-order valence-electron chi connectivity index (χ1n) is 6.78. The molecule has 1 fully saturated rings. The van der Waals surface area contributed by atoms with Gasteiger partial charge in [0.15, 0.2) is 0 Å². The number of hydrogen-bond donors (Lipinski definition) is 1. The summed E-state index contributed by atoms with van der Waals surface area (Å²) in [6.07, 6.45) is 2.01. The van der Waals surface area contributed by atoms with Crippen molar-refractivity contribution in [2.45, 2.75) is 19.5 Å². The molecule has 5 heteroatoms. The quantitative estimate of drug-likeness (QED) is 0.849. The van der Waals surface area contributed by atoms with Crippen molar-refractivity contribution in [3.8, 4) is 6.07 Å². The Balaban J connectivity index is 1.76. The summed E-state index contributed by atoms with van der Waals surface area (Å²) in [5.41, 5.74) is 1.87. The molecule has 5 nitrogen and oxygen atoms in total. The maximum Gasteiger partial charge on any atom is 0.120 e. The third kappa shape index (κ3) is 4.06. The Bertz CT molecular complexity index is 443. The minimum absolute atomic E-state index is 0.434. The van der Waals surface area contributed by atoms with Crippen molar-refractivity contribution in [1.29, 1.82) is 5.26 Å². The Labute approximate surface area is 114 Å². The predicted octanol–water partition coefficient (Wildman–Crippen LogP) is 0.707. The summed E-state index contributed by atoms with van der Waals surface area (Å²) in [7, 11) is 1.90. The van der Waals surface area contributed by atoms with Gasteiger partial charge in [0.2, 0.25) is 0 Å². The van der Waals surface area contributed by atoms with E-state index in [9.17, 15) is 0 Å². The van der Waals surface area contributed by atoms with Crippen LogP contribution < -0.4 is 5.32 Å². The fourth-order valence-electron chi connectivity index (χ4n) is 2.37. The van der Waals surface area contributed by atoms with Gasteiger partial charge >= 0.3 is 0 Å². The molecule has 1 saturated heterocycles. The van der Waals surface area contributed by atoms with Crippen molar-refractivity contribution >= 4 is 0 Å². The molecule has 1 aromatic rings. The van der Waals surface area contributed by atoms with Gasteiger partial charge in [0.25, 0.3) is 0 Å². The van der Waals surface area contributed by atoms with Crippen LogP contribution in [0.5, 0.6) is 0 Å². The zero-order valence-electron chi connectivity index (χ0n) is 11.7. The molecule has 1 unspecified atom stereocenters. The molecule has 0 amide bonds. The minimum Gasteiger partial charge on any atom is -0.379 e. The third-order valence-corrected chi connectivity index (χ3v) is 3.47. The summed E-state index contributed by atoms with van der Waals surface area (Å²) in [5.74, 6) is 0. The largest absolute Gasteiger partial charge is 0.379 e. The average molecular weight is 262 g/mol. The van der Waals surface area contributed by atoms with Crippen molar-refractivity contribution in [1.82, 2.24) is 14.8 Å². The van der Waals surface area contributed by atoms with Crippen LogP contribution in [0, 0.1) is 11.3 Å². The molecule has 0 saturated carbocycles. The molecule has 1 atom stereocenters. The van der Waals surface area contributed by atoms with Crippen molar-refractivity contribution in [2.75, 3.05) is 32.8 Å². The van der Waals surface area contributed by atoms with Gasteiger partial charge in [-0.05, 0) is 18.6 Å². The van der Waals surface area contributed by atoms with Gasteiger partial charge in [0, 0.05) is 45.5 Å². The number of rotatable bonds is 5. The second-order valence-electron chi connectivity index (χ2n) is 5.15. The molecule has 2 heterocycles. The number of nitrogens with zero attached hydrogens (tertiary/aromatic N) is 3. The van der Waals surface area contributed by atoms with Crippen molar-refractivity contribution in [3.63, 3.8) is 0 Å². The van der Waals surface area contributed by atoms with Gasteiger partial charge in [0.05, 0.1) is 13.2 Å². The number of aromatic nitrogens is 1. The van der Waals surface area contributed by atoms with E-state index in [2.05, 4.69) is 23.2 Å². The lowest BCUT2D eigenvalue weighted by Gasteiger charge is -2.29. The van der Waals surface area contributed by atoms with E-state index in [0.717, 1.165) is 45.0 Å². The molecule has 1 aromatic heterocycles. The van der Waals surface area contributed by atoms with E-state index in [4.69, 9.17) is 10.00 Å². The second-order valence-corrected chi connectivity index (χ2v) is 5.15. The van der Waals surface area contributed by atoms with Crippen LogP contribution in [-0.4, -0.2) is 48.4 Å². The normalized spacial score (nSPS) is 18.2. The van der Waals surface area contributed by atoms with Crippen molar-refractivity contribution in [2.24, 2.45) is 7.05 Å². The first kappa shape index (κ1) is 14.1. The van der Waals surface area contributed by atoms with Crippen molar-refractivity contribution in [3.05, 3.63) is 23.5 Å². The van der Waals surface area contributed by atoms with Gasteiger partial charge in [-0.2, -0.15) is 5.26 Å². The van der Waals surface area contributed by atoms with Crippen LogP contribution >= 0.6 is 0 Å². The summed E-state index contributed by atoms with van der Waals surface area (Å²) in [6, 6.07) is 4.56. The van der Waals surface area contributed by atoms with Gasteiger partial charge in [0.1, 0.15) is 11.8 Å². The summed E-state index contributed by atoms with van der Waals surface area (Å²) >= 11 is 0. The number of morpholine rings is 1. The van der Waals surface area contributed by atoms with E-state index in [0.29, 0.717) is 11.7 Å². The average Bonchev–Trinajstić information content (AvgIpc) is 2.78. The van der Waals surface area contributed by atoms with Crippen LogP contribution in [0.1, 0.15) is 18.2 Å². The monoisotopic (exact) mass is 262 g/mol. The molecule has 0 spiro atoms. The molecule has 0 bridgehead atoms. The zero-order valence-corrected chi connectivity index (χ0v) is 11.7. The highest BCUT2D eigenvalue weighted by atomic mass is 16.5. The summed E-state index contributed by atoms with van der Waals surface area (Å²) in [4.78, 5) is 2.42. The topological polar surface area (TPSA) is 53.2 Å². The number of ether oxygens (including phenoxy) is 1. The van der Waals surface area contributed by atoms with Gasteiger partial charge in [-0.1, -0.05) is 0 Å². The fraction of sp³-hybridized carbons (Fsp3) is 0.643. The molecule has 2 rings (SSSR count). The highest BCUT2D eigenvalue weighted by Gasteiger charge is 2.13. The van der Waals surface area contributed by atoms with Crippen LogP contribution in [0.25, 0.3) is 0 Å². The van der Waals surface area contributed by atoms with E-state index < -0.39 is 0 Å². The van der Waals surface area contributed by atoms with E-state index in [-0.39, 0.29) is 0 Å². The highest BCUT2D eigenvalue weighted by molar-refractivity contribution is 5.28. The Morgan fingerprint density at radius 1 is 1.47 bits per heavy atom. The molecular weight excluding hydrogens is 240 g/mol. The summed E-state index contributed by atoms with van der Waals surface area (Å²) in [6.45, 7) is 7.78. The van der Waals surface area contributed by atoms with Crippen LogP contribution in [0.3, 0.4) is 0 Å². The predicted molar refractivity (Wildman–Crippen MR) is 73.7 cm³/mol.